The van der Waals surface area contributed by atoms with Crippen molar-refractivity contribution in [2.75, 3.05) is 5.32 Å². The predicted octanol–water partition coefficient (Wildman–Crippen LogP) is 4.61. The second-order valence-corrected chi connectivity index (χ2v) is 5.25. The first-order valence-corrected chi connectivity index (χ1v) is 6.87. The van der Waals surface area contributed by atoms with Gasteiger partial charge in [0.15, 0.2) is 0 Å². The summed E-state index contributed by atoms with van der Waals surface area (Å²) in [4.78, 5) is 4.35. The first-order valence-electron chi connectivity index (χ1n) is 6.08. The van der Waals surface area contributed by atoms with Crippen LogP contribution in [0.1, 0.15) is 5.56 Å². The number of anilines is 2. The zero-order chi connectivity index (χ0) is 13.9. The third kappa shape index (κ3) is 2.49. The Morgan fingerprint density at radius 3 is 2.60 bits per heavy atom. The molecule has 1 aromatic heterocycles. The zero-order valence-corrected chi connectivity index (χ0v) is 12.1. The number of hydrogen-bond donors (Lipinski definition) is 1. The number of hydrogen-bond acceptors (Lipinski definition) is 3. The number of pyridine rings is 1. The van der Waals surface area contributed by atoms with Crippen LogP contribution in [-0.2, 0) is 0 Å². The summed E-state index contributed by atoms with van der Waals surface area (Å²) in [6.07, 6.45) is 1.78. The fourth-order valence-electron chi connectivity index (χ4n) is 2.01. The molecule has 0 aliphatic carbocycles. The maximum absolute atomic E-state index is 8.81. The lowest BCUT2D eigenvalue weighted by Gasteiger charge is -2.09. The van der Waals surface area contributed by atoms with Crippen molar-refractivity contribution in [2.24, 2.45) is 0 Å². The van der Waals surface area contributed by atoms with E-state index < -0.39 is 0 Å². The van der Waals surface area contributed by atoms with Crippen LogP contribution >= 0.6 is 15.9 Å². The Morgan fingerprint density at radius 1 is 1.05 bits per heavy atom. The molecule has 3 nitrogen and oxygen atoms in total. The van der Waals surface area contributed by atoms with Gasteiger partial charge in [0.2, 0.25) is 0 Å². The van der Waals surface area contributed by atoms with Crippen LogP contribution in [0.3, 0.4) is 0 Å². The smallest absolute Gasteiger partial charge is 0.0991 e. The van der Waals surface area contributed by atoms with E-state index in [0.717, 1.165) is 26.8 Å². The van der Waals surface area contributed by atoms with E-state index in [1.165, 1.54) is 0 Å². The van der Waals surface area contributed by atoms with Crippen molar-refractivity contribution in [3.05, 3.63) is 64.8 Å². The minimum atomic E-state index is 0.651. The topological polar surface area (TPSA) is 48.7 Å². The number of fused-ring (bicyclic) bond motifs is 1. The molecule has 0 aliphatic heterocycles. The molecular weight excluding hydrogens is 314 g/mol. The Kier molecular flexibility index (Phi) is 3.36. The van der Waals surface area contributed by atoms with Gasteiger partial charge in [0, 0.05) is 27.4 Å². The second kappa shape index (κ2) is 5.32. The largest absolute Gasteiger partial charge is 0.355 e. The van der Waals surface area contributed by atoms with Gasteiger partial charge >= 0.3 is 0 Å². The maximum Gasteiger partial charge on any atom is 0.0991 e. The number of nitrogens with zero attached hydrogens (tertiary/aromatic N) is 2. The van der Waals surface area contributed by atoms with Crippen molar-refractivity contribution in [2.45, 2.75) is 0 Å². The maximum atomic E-state index is 8.81. The number of rotatable bonds is 2. The quantitative estimate of drug-likeness (QED) is 0.749. The second-order valence-electron chi connectivity index (χ2n) is 4.33. The van der Waals surface area contributed by atoms with Gasteiger partial charge in [-0.2, -0.15) is 5.26 Å². The average molecular weight is 324 g/mol. The van der Waals surface area contributed by atoms with Gasteiger partial charge in [0.1, 0.15) is 0 Å². The molecule has 0 unspecified atom stereocenters. The fourth-order valence-corrected chi connectivity index (χ4v) is 2.37. The minimum absolute atomic E-state index is 0.651. The number of halogens is 1. The fraction of sp³-hybridized carbons (Fsp3) is 0. The molecule has 3 aromatic rings. The molecule has 0 atom stereocenters. The van der Waals surface area contributed by atoms with Crippen LogP contribution in [0.15, 0.2) is 59.2 Å². The molecule has 0 amide bonds. The monoisotopic (exact) mass is 323 g/mol. The molecule has 0 saturated heterocycles. The van der Waals surface area contributed by atoms with Gasteiger partial charge in [0.25, 0.3) is 0 Å². The Morgan fingerprint density at radius 2 is 1.85 bits per heavy atom. The van der Waals surface area contributed by atoms with Gasteiger partial charge < -0.3 is 5.32 Å². The van der Waals surface area contributed by atoms with Crippen LogP contribution in [0.2, 0.25) is 0 Å². The molecule has 0 fully saturated rings. The molecule has 0 spiro atoms. The van der Waals surface area contributed by atoms with Crippen molar-refractivity contribution in [1.82, 2.24) is 4.98 Å². The zero-order valence-electron chi connectivity index (χ0n) is 10.5. The Hall–Kier alpha value is -2.38. The summed E-state index contributed by atoms with van der Waals surface area (Å²) in [5.41, 5.74) is 3.52. The highest BCUT2D eigenvalue weighted by atomic mass is 79.9. The summed E-state index contributed by atoms with van der Waals surface area (Å²) < 4.78 is 1.01. The highest BCUT2D eigenvalue weighted by Crippen LogP contribution is 2.27. The molecule has 96 valence electrons. The third-order valence-electron chi connectivity index (χ3n) is 3.00. The van der Waals surface area contributed by atoms with Crippen molar-refractivity contribution in [1.29, 1.82) is 5.26 Å². The van der Waals surface area contributed by atoms with E-state index in [0.29, 0.717) is 5.56 Å². The van der Waals surface area contributed by atoms with Gasteiger partial charge in [0.05, 0.1) is 17.1 Å². The van der Waals surface area contributed by atoms with Crippen LogP contribution in [0.25, 0.3) is 10.9 Å². The normalized spacial score (nSPS) is 10.2. The van der Waals surface area contributed by atoms with Gasteiger partial charge in [-0.15, -0.1) is 0 Å². The number of aromatic nitrogens is 1. The van der Waals surface area contributed by atoms with Crippen molar-refractivity contribution in [3.8, 4) is 6.07 Å². The SMILES string of the molecule is N#Cc1ccc(Nc2ccnc3ccc(Br)cc23)cc1. The summed E-state index contributed by atoms with van der Waals surface area (Å²) in [6.45, 7) is 0. The third-order valence-corrected chi connectivity index (χ3v) is 3.49. The molecule has 2 aromatic carbocycles. The summed E-state index contributed by atoms with van der Waals surface area (Å²) in [6, 6.07) is 17.4. The highest BCUT2D eigenvalue weighted by Gasteiger charge is 2.03. The van der Waals surface area contributed by atoms with Crippen LogP contribution in [-0.4, -0.2) is 4.98 Å². The lowest BCUT2D eigenvalue weighted by atomic mass is 10.1. The number of benzene rings is 2. The van der Waals surface area contributed by atoms with E-state index in [2.05, 4.69) is 32.3 Å². The van der Waals surface area contributed by atoms with E-state index in [-0.39, 0.29) is 0 Å². The van der Waals surface area contributed by atoms with E-state index in [9.17, 15) is 0 Å². The molecule has 0 saturated carbocycles. The highest BCUT2D eigenvalue weighted by molar-refractivity contribution is 9.10. The standard InChI is InChI=1S/C16H10BrN3/c17-12-3-6-15-14(9-12)16(7-8-19-15)20-13-4-1-11(10-18)2-5-13/h1-9H,(H,19,20). The molecule has 1 N–H and O–H groups in total. The Labute approximate surface area is 125 Å². The summed E-state index contributed by atoms with van der Waals surface area (Å²) in [5, 5.41) is 13.2. The van der Waals surface area contributed by atoms with Gasteiger partial charge in [-0.25, -0.2) is 0 Å². The molecule has 0 radical (unpaired) electrons. The molecule has 20 heavy (non-hydrogen) atoms. The summed E-state index contributed by atoms with van der Waals surface area (Å²) in [7, 11) is 0. The van der Waals surface area contributed by atoms with Gasteiger partial charge in [-0.05, 0) is 48.5 Å². The van der Waals surface area contributed by atoms with Crippen LogP contribution < -0.4 is 5.32 Å². The molecular formula is C16H10BrN3. The van der Waals surface area contributed by atoms with Crippen molar-refractivity contribution < 1.29 is 0 Å². The number of nitrogens with one attached hydrogen (secondary N) is 1. The summed E-state index contributed by atoms with van der Waals surface area (Å²) >= 11 is 3.48. The van der Waals surface area contributed by atoms with E-state index in [1.54, 1.807) is 18.3 Å². The van der Waals surface area contributed by atoms with Gasteiger partial charge in [-0.3, -0.25) is 4.98 Å². The Bertz CT molecular complexity index is 804. The van der Waals surface area contributed by atoms with Crippen LogP contribution in [0, 0.1) is 11.3 Å². The summed E-state index contributed by atoms with van der Waals surface area (Å²) in [5.74, 6) is 0. The van der Waals surface area contributed by atoms with Crippen molar-refractivity contribution >= 4 is 38.2 Å². The molecule has 4 heteroatoms. The lowest BCUT2D eigenvalue weighted by Crippen LogP contribution is -1.92. The van der Waals surface area contributed by atoms with Gasteiger partial charge in [-0.1, -0.05) is 15.9 Å². The van der Waals surface area contributed by atoms with Crippen LogP contribution in [0.5, 0.6) is 0 Å². The molecule has 0 aliphatic rings. The average Bonchev–Trinajstić information content (AvgIpc) is 2.49. The molecule has 1 heterocycles. The first-order chi connectivity index (χ1) is 9.76. The van der Waals surface area contributed by atoms with E-state index in [4.69, 9.17) is 5.26 Å². The molecule has 0 bridgehead atoms. The number of nitriles is 1. The predicted molar refractivity (Wildman–Crippen MR) is 83.9 cm³/mol. The van der Waals surface area contributed by atoms with Crippen molar-refractivity contribution in [3.63, 3.8) is 0 Å². The van der Waals surface area contributed by atoms with E-state index in [1.807, 2.05) is 36.4 Å². The van der Waals surface area contributed by atoms with Crippen LogP contribution in [0.4, 0.5) is 11.4 Å². The molecule has 3 rings (SSSR count). The first kappa shape index (κ1) is 12.6. The van der Waals surface area contributed by atoms with E-state index >= 15 is 0 Å². The minimum Gasteiger partial charge on any atom is -0.355 e. The lowest BCUT2D eigenvalue weighted by molar-refractivity contribution is 1.40. The Balaban J connectivity index is 2.01.